The number of rotatable bonds is 9. The smallest absolute Gasteiger partial charge is 0.407 e. The highest BCUT2D eigenvalue weighted by molar-refractivity contribution is 6.07. The zero-order valence-electron chi connectivity index (χ0n) is 19.7. The molecule has 0 saturated heterocycles. The number of alkyl carbamates (subject to hydrolysis) is 1. The number of ether oxygens (including phenoxy) is 1. The molecule has 1 heterocycles. The van der Waals surface area contributed by atoms with Gasteiger partial charge in [-0.25, -0.2) is 4.79 Å². The van der Waals surface area contributed by atoms with Gasteiger partial charge in [-0.1, -0.05) is 44.2 Å². The van der Waals surface area contributed by atoms with Crippen molar-refractivity contribution in [3.8, 4) is 0 Å². The highest BCUT2D eigenvalue weighted by atomic mass is 16.5. The van der Waals surface area contributed by atoms with Crippen molar-refractivity contribution >= 4 is 29.3 Å². The Morgan fingerprint density at radius 2 is 1.60 bits per heavy atom. The summed E-state index contributed by atoms with van der Waals surface area (Å²) in [4.78, 5) is 40.9. The van der Waals surface area contributed by atoms with Crippen molar-refractivity contribution in [1.82, 2.24) is 10.3 Å². The first kappa shape index (κ1) is 25.4. The van der Waals surface area contributed by atoms with Crippen LogP contribution < -0.4 is 21.7 Å². The molecule has 3 aromatic rings. The molecule has 0 unspecified atom stereocenters. The monoisotopic (exact) mass is 475 g/mol. The zero-order valence-corrected chi connectivity index (χ0v) is 19.7. The van der Waals surface area contributed by atoms with E-state index in [2.05, 4.69) is 20.9 Å². The Labute approximate surface area is 204 Å². The van der Waals surface area contributed by atoms with Gasteiger partial charge in [0.25, 0.3) is 5.91 Å². The molecule has 1 atom stereocenters. The number of aromatic nitrogens is 1. The fourth-order valence-electron chi connectivity index (χ4n) is 3.05. The molecule has 5 N–H and O–H groups in total. The van der Waals surface area contributed by atoms with Crippen LogP contribution in [0.4, 0.5) is 16.2 Å². The molecule has 0 bridgehead atoms. The van der Waals surface area contributed by atoms with Gasteiger partial charge >= 0.3 is 6.09 Å². The summed E-state index contributed by atoms with van der Waals surface area (Å²) < 4.78 is 5.15. The van der Waals surface area contributed by atoms with Crippen molar-refractivity contribution in [3.05, 3.63) is 89.7 Å². The molecule has 3 rings (SSSR count). The molecular formula is C26H29N5O4. The van der Waals surface area contributed by atoms with Crippen LogP contribution >= 0.6 is 0 Å². The van der Waals surface area contributed by atoms with Crippen molar-refractivity contribution in [2.45, 2.75) is 33.0 Å². The van der Waals surface area contributed by atoms with Gasteiger partial charge < -0.3 is 26.4 Å². The Hall–Kier alpha value is -4.24. The van der Waals surface area contributed by atoms with Gasteiger partial charge in [0.05, 0.1) is 17.4 Å². The molecule has 35 heavy (non-hydrogen) atoms. The molecule has 9 heteroatoms. The summed E-state index contributed by atoms with van der Waals surface area (Å²) in [6, 6.07) is 16.6. The number of carbonyl (C=O) groups excluding carboxylic acids is 3. The molecule has 9 nitrogen and oxygen atoms in total. The van der Waals surface area contributed by atoms with E-state index in [4.69, 9.17) is 10.5 Å². The third-order valence-corrected chi connectivity index (χ3v) is 5.20. The minimum Gasteiger partial charge on any atom is -0.445 e. The highest BCUT2D eigenvalue weighted by Crippen LogP contribution is 2.22. The SMILES string of the molecule is CC(C)[C@H](N)C(=O)Nc1ccccc1NC(=O)c1ccc(CNC(=O)OCc2cccnc2)cc1. The van der Waals surface area contributed by atoms with Gasteiger partial charge in [-0.3, -0.25) is 14.6 Å². The fraction of sp³-hybridized carbons (Fsp3) is 0.231. The normalized spacial score (nSPS) is 11.4. The number of amides is 3. The lowest BCUT2D eigenvalue weighted by Crippen LogP contribution is -2.39. The van der Waals surface area contributed by atoms with Crippen LogP contribution in [0.1, 0.15) is 35.3 Å². The average molecular weight is 476 g/mol. The van der Waals surface area contributed by atoms with Gasteiger partial charge in [-0.15, -0.1) is 0 Å². The Morgan fingerprint density at radius 3 is 2.23 bits per heavy atom. The van der Waals surface area contributed by atoms with E-state index in [0.29, 0.717) is 16.9 Å². The van der Waals surface area contributed by atoms with Gasteiger partial charge in [0.1, 0.15) is 6.61 Å². The number of hydrogen-bond donors (Lipinski definition) is 4. The van der Waals surface area contributed by atoms with Crippen molar-refractivity contribution in [2.24, 2.45) is 11.7 Å². The van der Waals surface area contributed by atoms with Gasteiger partial charge in [-0.05, 0) is 41.8 Å². The predicted octanol–water partition coefficient (Wildman–Crippen LogP) is 3.68. The Kier molecular flexibility index (Phi) is 8.91. The molecular weight excluding hydrogens is 446 g/mol. The maximum atomic E-state index is 12.7. The zero-order chi connectivity index (χ0) is 25.2. The minimum absolute atomic E-state index is 0.0206. The van der Waals surface area contributed by atoms with Crippen LogP contribution in [0.15, 0.2) is 73.1 Å². The van der Waals surface area contributed by atoms with Gasteiger partial charge in [0, 0.05) is 30.1 Å². The lowest BCUT2D eigenvalue weighted by Gasteiger charge is -2.17. The van der Waals surface area contributed by atoms with Crippen LogP contribution in [0.3, 0.4) is 0 Å². The number of nitrogens with zero attached hydrogens (tertiary/aromatic N) is 1. The van der Waals surface area contributed by atoms with E-state index in [9.17, 15) is 14.4 Å². The second kappa shape index (κ2) is 12.3. The molecule has 0 saturated carbocycles. The molecule has 3 amide bonds. The first-order chi connectivity index (χ1) is 16.8. The third-order valence-electron chi connectivity index (χ3n) is 5.20. The van der Waals surface area contributed by atoms with Crippen LogP contribution in [0.2, 0.25) is 0 Å². The number of pyridine rings is 1. The maximum absolute atomic E-state index is 12.7. The van der Waals surface area contributed by atoms with E-state index in [1.807, 2.05) is 19.9 Å². The lowest BCUT2D eigenvalue weighted by atomic mass is 10.0. The summed E-state index contributed by atoms with van der Waals surface area (Å²) in [6.45, 7) is 4.11. The van der Waals surface area contributed by atoms with Crippen LogP contribution in [-0.2, 0) is 22.7 Å². The number of para-hydroxylation sites is 2. The number of benzene rings is 2. The molecule has 0 spiro atoms. The van der Waals surface area contributed by atoms with E-state index >= 15 is 0 Å². The predicted molar refractivity (Wildman–Crippen MR) is 134 cm³/mol. The molecule has 0 radical (unpaired) electrons. The molecule has 0 aliphatic heterocycles. The van der Waals surface area contributed by atoms with Gasteiger partial charge in [-0.2, -0.15) is 0 Å². The quantitative estimate of drug-likeness (QED) is 0.373. The number of carbonyl (C=O) groups is 3. The topological polar surface area (TPSA) is 135 Å². The molecule has 0 fully saturated rings. The largest absolute Gasteiger partial charge is 0.445 e. The first-order valence-electron chi connectivity index (χ1n) is 11.2. The van der Waals surface area contributed by atoms with E-state index in [0.717, 1.165) is 11.1 Å². The summed E-state index contributed by atoms with van der Waals surface area (Å²) in [5.74, 6) is -0.680. The van der Waals surface area contributed by atoms with Crippen LogP contribution in [0.25, 0.3) is 0 Å². The minimum atomic E-state index is -0.660. The molecule has 0 aliphatic carbocycles. The van der Waals surface area contributed by atoms with E-state index in [1.165, 1.54) is 0 Å². The maximum Gasteiger partial charge on any atom is 0.407 e. The summed E-state index contributed by atoms with van der Waals surface area (Å²) in [5, 5.41) is 8.25. The first-order valence-corrected chi connectivity index (χ1v) is 11.2. The Bertz CT molecular complexity index is 1150. The second-order valence-corrected chi connectivity index (χ2v) is 8.25. The van der Waals surface area contributed by atoms with Gasteiger partial charge in [0.2, 0.25) is 5.91 Å². The van der Waals surface area contributed by atoms with Crippen LogP contribution in [0.5, 0.6) is 0 Å². The van der Waals surface area contributed by atoms with Crippen molar-refractivity contribution in [2.75, 3.05) is 10.6 Å². The summed E-state index contributed by atoms with van der Waals surface area (Å²) in [6.07, 6.45) is 2.73. The van der Waals surface area contributed by atoms with Crippen LogP contribution in [0, 0.1) is 5.92 Å². The number of nitrogens with one attached hydrogen (secondary N) is 3. The summed E-state index contributed by atoms with van der Waals surface area (Å²) >= 11 is 0. The lowest BCUT2D eigenvalue weighted by molar-refractivity contribution is -0.118. The number of anilines is 2. The second-order valence-electron chi connectivity index (χ2n) is 8.25. The Morgan fingerprint density at radius 1 is 0.914 bits per heavy atom. The third kappa shape index (κ3) is 7.65. The van der Waals surface area contributed by atoms with Crippen LogP contribution in [-0.4, -0.2) is 28.9 Å². The molecule has 2 aromatic carbocycles. The molecule has 0 aliphatic rings. The van der Waals surface area contributed by atoms with Crippen molar-refractivity contribution in [3.63, 3.8) is 0 Å². The fourth-order valence-corrected chi connectivity index (χ4v) is 3.05. The molecule has 1 aromatic heterocycles. The Balaban J connectivity index is 1.53. The van der Waals surface area contributed by atoms with Crippen molar-refractivity contribution in [1.29, 1.82) is 0 Å². The van der Waals surface area contributed by atoms with Gasteiger partial charge in [0.15, 0.2) is 0 Å². The van der Waals surface area contributed by atoms with E-state index in [1.54, 1.807) is 67.0 Å². The summed E-state index contributed by atoms with van der Waals surface area (Å²) in [5.41, 5.74) is 8.86. The van der Waals surface area contributed by atoms with E-state index < -0.39 is 12.1 Å². The number of hydrogen-bond acceptors (Lipinski definition) is 6. The highest BCUT2D eigenvalue weighted by Gasteiger charge is 2.19. The number of nitrogens with two attached hydrogens (primary N) is 1. The van der Waals surface area contributed by atoms with Crippen molar-refractivity contribution < 1.29 is 19.1 Å². The summed E-state index contributed by atoms with van der Waals surface area (Å²) in [7, 11) is 0. The molecule has 182 valence electrons. The van der Waals surface area contributed by atoms with E-state index in [-0.39, 0.29) is 30.9 Å². The average Bonchev–Trinajstić information content (AvgIpc) is 2.87. The standard InChI is InChI=1S/C26H29N5O4/c1-17(2)23(27)25(33)31-22-8-4-3-7-21(22)30-24(32)20-11-9-18(10-12-20)15-29-26(34)35-16-19-6-5-13-28-14-19/h3-14,17,23H,15-16,27H2,1-2H3,(H,29,34)(H,30,32)(H,31,33)/t23-/m0/s1.